The second-order valence-corrected chi connectivity index (χ2v) is 3.95. The molecule has 0 aromatic carbocycles. The summed E-state index contributed by atoms with van der Waals surface area (Å²) in [4.78, 5) is 2.32. The Morgan fingerprint density at radius 3 is 3.00 bits per heavy atom. The van der Waals surface area contributed by atoms with Crippen LogP contribution in [0, 0.1) is 0 Å². The lowest BCUT2D eigenvalue weighted by molar-refractivity contribution is 0.0343. The van der Waals surface area contributed by atoms with E-state index in [2.05, 4.69) is 17.1 Å². The quantitative estimate of drug-likeness (QED) is 0.618. The summed E-state index contributed by atoms with van der Waals surface area (Å²) in [5, 5.41) is 13.1. The first-order chi connectivity index (χ1) is 5.64. The molecule has 1 saturated heterocycles. The number of hydrogen-bond donors (Lipinski definition) is 2. The summed E-state index contributed by atoms with van der Waals surface area (Å²) in [6.45, 7) is 8.74. The third-order valence-corrected chi connectivity index (χ3v) is 2.21. The van der Waals surface area contributed by atoms with Crippen LogP contribution in [0.3, 0.4) is 0 Å². The molecule has 3 nitrogen and oxygen atoms in total. The molecule has 0 radical (unpaired) electrons. The summed E-state index contributed by atoms with van der Waals surface area (Å²) in [5.41, 5.74) is -0.550. The van der Waals surface area contributed by atoms with Gasteiger partial charge < -0.3 is 10.4 Å². The van der Waals surface area contributed by atoms with E-state index in [0.29, 0.717) is 6.54 Å². The molecule has 0 spiro atoms. The lowest BCUT2D eigenvalue weighted by Gasteiger charge is -2.27. The van der Waals surface area contributed by atoms with Gasteiger partial charge in [0.25, 0.3) is 0 Å². The second-order valence-electron chi connectivity index (χ2n) is 3.95. The largest absolute Gasteiger partial charge is 0.388 e. The lowest BCUT2D eigenvalue weighted by Crippen LogP contribution is -2.43. The van der Waals surface area contributed by atoms with Gasteiger partial charge >= 0.3 is 0 Å². The van der Waals surface area contributed by atoms with Gasteiger partial charge in [0.2, 0.25) is 0 Å². The van der Waals surface area contributed by atoms with Crippen LogP contribution in [0.2, 0.25) is 0 Å². The monoisotopic (exact) mass is 172 g/mol. The summed E-state index contributed by atoms with van der Waals surface area (Å²) >= 11 is 0. The molecule has 0 amide bonds. The number of aliphatic hydroxyl groups is 1. The van der Waals surface area contributed by atoms with Crippen molar-refractivity contribution in [2.75, 3.05) is 32.7 Å². The molecule has 0 aromatic heterocycles. The molecule has 0 saturated carbocycles. The summed E-state index contributed by atoms with van der Waals surface area (Å²) in [6.07, 6.45) is 1.16. The van der Waals surface area contributed by atoms with Gasteiger partial charge in [-0.1, -0.05) is 6.92 Å². The lowest BCUT2D eigenvalue weighted by atomic mass is 10.1. The average molecular weight is 172 g/mol. The van der Waals surface area contributed by atoms with E-state index in [9.17, 15) is 5.11 Å². The number of nitrogens with one attached hydrogen (secondary N) is 1. The molecule has 2 N–H and O–H groups in total. The first-order valence-electron chi connectivity index (χ1n) is 4.79. The van der Waals surface area contributed by atoms with Gasteiger partial charge in [0.1, 0.15) is 0 Å². The standard InChI is InChI=1S/C9H20N2O/c1-3-5-11-6-4-10-7-9(2,12)8-11/h10,12H,3-8H2,1-2H3. The van der Waals surface area contributed by atoms with Crippen molar-refractivity contribution in [1.82, 2.24) is 10.2 Å². The average Bonchev–Trinajstić information content (AvgIpc) is 2.11. The first kappa shape index (κ1) is 9.96. The smallest absolute Gasteiger partial charge is 0.0869 e. The molecule has 0 bridgehead atoms. The van der Waals surface area contributed by atoms with Gasteiger partial charge in [0, 0.05) is 26.2 Å². The number of rotatable bonds is 2. The predicted molar refractivity (Wildman–Crippen MR) is 50.2 cm³/mol. The first-order valence-corrected chi connectivity index (χ1v) is 4.79. The zero-order chi connectivity index (χ0) is 9.03. The maximum absolute atomic E-state index is 9.85. The predicted octanol–water partition coefficient (Wildman–Crippen LogP) is 0.0526. The Morgan fingerprint density at radius 1 is 1.58 bits per heavy atom. The van der Waals surface area contributed by atoms with Crippen LogP contribution in [0.5, 0.6) is 0 Å². The van der Waals surface area contributed by atoms with Crippen LogP contribution in [0.25, 0.3) is 0 Å². The molecule has 1 aliphatic heterocycles. The molecular weight excluding hydrogens is 152 g/mol. The fourth-order valence-corrected chi connectivity index (χ4v) is 1.72. The molecule has 1 unspecified atom stereocenters. The van der Waals surface area contributed by atoms with E-state index in [1.165, 1.54) is 0 Å². The minimum absolute atomic E-state index is 0.550. The van der Waals surface area contributed by atoms with Gasteiger partial charge in [-0.25, -0.2) is 0 Å². The van der Waals surface area contributed by atoms with Crippen LogP contribution < -0.4 is 5.32 Å². The number of hydrogen-bond acceptors (Lipinski definition) is 3. The molecule has 72 valence electrons. The maximum Gasteiger partial charge on any atom is 0.0869 e. The molecule has 1 heterocycles. The van der Waals surface area contributed by atoms with Crippen molar-refractivity contribution >= 4 is 0 Å². The van der Waals surface area contributed by atoms with Crippen molar-refractivity contribution in [3.8, 4) is 0 Å². The van der Waals surface area contributed by atoms with Crippen LogP contribution in [-0.4, -0.2) is 48.3 Å². The van der Waals surface area contributed by atoms with E-state index < -0.39 is 5.60 Å². The number of β-amino-alcohol motifs (C(OH)–C–C–N with tert-alkyl or cyclic N) is 1. The minimum atomic E-state index is -0.550. The molecule has 3 heteroatoms. The van der Waals surface area contributed by atoms with Crippen LogP contribution in [-0.2, 0) is 0 Å². The van der Waals surface area contributed by atoms with Gasteiger partial charge in [0.05, 0.1) is 5.60 Å². The molecule has 0 aliphatic carbocycles. The Bertz CT molecular complexity index is 136. The summed E-state index contributed by atoms with van der Waals surface area (Å²) in [7, 11) is 0. The minimum Gasteiger partial charge on any atom is -0.388 e. The normalized spacial score (nSPS) is 33.2. The van der Waals surface area contributed by atoms with Gasteiger partial charge in [0.15, 0.2) is 0 Å². The van der Waals surface area contributed by atoms with Crippen molar-refractivity contribution in [3.05, 3.63) is 0 Å². The highest BCUT2D eigenvalue weighted by Crippen LogP contribution is 2.08. The van der Waals surface area contributed by atoms with Crippen molar-refractivity contribution in [3.63, 3.8) is 0 Å². The fourth-order valence-electron chi connectivity index (χ4n) is 1.72. The topological polar surface area (TPSA) is 35.5 Å². The van der Waals surface area contributed by atoms with Crippen molar-refractivity contribution in [2.24, 2.45) is 0 Å². The van der Waals surface area contributed by atoms with Crippen LogP contribution >= 0.6 is 0 Å². The summed E-state index contributed by atoms with van der Waals surface area (Å²) in [6, 6.07) is 0. The van der Waals surface area contributed by atoms with E-state index in [4.69, 9.17) is 0 Å². The Balaban J connectivity index is 2.42. The Labute approximate surface area is 74.8 Å². The van der Waals surface area contributed by atoms with Gasteiger partial charge in [-0.05, 0) is 19.9 Å². The molecular formula is C9H20N2O. The maximum atomic E-state index is 9.85. The summed E-state index contributed by atoms with van der Waals surface area (Å²) < 4.78 is 0. The third-order valence-electron chi connectivity index (χ3n) is 2.21. The van der Waals surface area contributed by atoms with Crippen LogP contribution in [0.1, 0.15) is 20.3 Å². The van der Waals surface area contributed by atoms with E-state index >= 15 is 0 Å². The SMILES string of the molecule is CCCN1CCNCC(C)(O)C1. The Morgan fingerprint density at radius 2 is 2.33 bits per heavy atom. The molecule has 1 fully saturated rings. The van der Waals surface area contributed by atoms with Gasteiger partial charge in [-0.3, -0.25) is 4.90 Å². The van der Waals surface area contributed by atoms with Crippen molar-refractivity contribution in [1.29, 1.82) is 0 Å². The molecule has 1 rings (SSSR count). The van der Waals surface area contributed by atoms with E-state index in [1.807, 2.05) is 6.92 Å². The third kappa shape index (κ3) is 3.09. The van der Waals surface area contributed by atoms with Gasteiger partial charge in [-0.15, -0.1) is 0 Å². The highest BCUT2D eigenvalue weighted by atomic mass is 16.3. The Kier molecular flexibility index (Phi) is 3.50. The van der Waals surface area contributed by atoms with E-state index in [1.54, 1.807) is 0 Å². The Hall–Kier alpha value is -0.120. The number of nitrogens with zero attached hydrogens (tertiary/aromatic N) is 1. The zero-order valence-corrected chi connectivity index (χ0v) is 8.14. The molecule has 1 atom stereocenters. The second kappa shape index (κ2) is 4.21. The van der Waals surface area contributed by atoms with E-state index in [0.717, 1.165) is 32.6 Å². The highest BCUT2D eigenvalue weighted by Gasteiger charge is 2.25. The zero-order valence-electron chi connectivity index (χ0n) is 8.14. The summed E-state index contributed by atoms with van der Waals surface area (Å²) in [5.74, 6) is 0. The van der Waals surface area contributed by atoms with Crippen molar-refractivity contribution < 1.29 is 5.11 Å². The van der Waals surface area contributed by atoms with Crippen LogP contribution in [0.4, 0.5) is 0 Å². The van der Waals surface area contributed by atoms with Crippen LogP contribution in [0.15, 0.2) is 0 Å². The fraction of sp³-hybridized carbons (Fsp3) is 1.00. The van der Waals surface area contributed by atoms with Gasteiger partial charge in [-0.2, -0.15) is 0 Å². The highest BCUT2D eigenvalue weighted by molar-refractivity contribution is 4.83. The molecule has 1 aliphatic rings. The molecule has 12 heavy (non-hydrogen) atoms. The van der Waals surface area contributed by atoms with Crippen molar-refractivity contribution in [2.45, 2.75) is 25.9 Å². The van der Waals surface area contributed by atoms with E-state index in [-0.39, 0.29) is 0 Å². The molecule has 0 aromatic rings.